The molecule has 0 bridgehead atoms. The lowest BCUT2D eigenvalue weighted by Gasteiger charge is -2.10. The maximum absolute atomic E-state index is 13.3. The Morgan fingerprint density at radius 3 is 2.62 bits per heavy atom. The highest BCUT2D eigenvalue weighted by atomic mass is 19.1. The number of carbonyl (C=O) groups is 2. The molecule has 8 heteroatoms. The van der Waals surface area contributed by atoms with Gasteiger partial charge in [-0.1, -0.05) is 18.2 Å². The van der Waals surface area contributed by atoms with Crippen LogP contribution in [-0.2, 0) is 11.3 Å². The van der Waals surface area contributed by atoms with E-state index in [0.717, 1.165) is 0 Å². The number of nitrogens with two attached hydrogens (primary N) is 1. The third kappa shape index (κ3) is 3.96. The van der Waals surface area contributed by atoms with Crippen LogP contribution < -0.4 is 11.1 Å². The summed E-state index contributed by atoms with van der Waals surface area (Å²) in [5, 5.41) is 7.44. The number of primary amides is 1. The molecule has 2 aromatic carbocycles. The number of para-hydroxylation sites is 1. The number of pyridine rings is 1. The van der Waals surface area contributed by atoms with Crippen LogP contribution in [0.15, 0.2) is 67.0 Å². The summed E-state index contributed by atoms with van der Waals surface area (Å²) < 4.78 is 14.6. The highest BCUT2D eigenvalue weighted by Gasteiger charge is 2.15. The first-order valence-corrected chi connectivity index (χ1v) is 8.77. The van der Waals surface area contributed by atoms with Crippen LogP contribution in [-0.4, -0.2) is 26.6 Å². The van der Waals surface area contributed by atoms with E-state index in [1.54, 1.807) is 18.2 Å². The van der Waals surface area contributed by atoms with Gasteiger partial charge in [-0.05, 0) is 36.4 Å². The van der Waals surface area contributed by atoms with Crippen molar-refractivity contribution in [1.29, 1.82) is 0 Å². The van der Waals surface area contributed by atoms with Crippen molar-refractivity contribution in [2.45, 2.75) is 6.54 Å². The zero-order valence-electron chi connectivity index (χ0n) is 15.2. The van der Waals surface area contributed by atoms with Crippen LogP contribution in [0.25, 0.3) is 22.2 Å². The van der Waals surface area contributed by atoms with Crippen molar-refractivity contribution >= 4 is 28.4 Å². The molecule has 2 heterocycles. The monoisotopic (exact) mass is 389 g/mol. The van der Waals surface area contributed by atoms with Crippen LogP contribution in [0.5, 0.6) is 0 Å². The first kappa shape index (κ1) is 18.3. The molecule has 0 aliphatic carbocycles. The summed E-state index contributed by atoms with van der Waals surface area (Å²) >= 11 is 0. The summed E-state index contributed by atoms with van der Waals surface area (Å²) in [5.41, 5.74) is 7.89. The van der Waals surface area contributed by atoms with Crippen LogP contribution in [0, 0.1) is 5.82 Å². The Labute approximate surface area is 165 Å². The topological polar surface area (TPSA) is 103 Å². The van der Waals surface area contributed by atoms with Crippen molar-refractivity contribution in [2.24, 2.45) is 5.73 Å². The van der Waals surface area contributed by atoms with Gasteiger partial charge in [-0.2, -0.15) is 5.10 Å². The van der Waals surface area contributed by atoms with E-state index >= 15 is 0 Å². The Kier molecular flexibility index (Phi) is 4.74. The molecule has 0 spiro atoms. The smallest absolute Gasteiger partial charge is 0.256 e. The third-order valence-corrected chi connectivity index (χ3v) is 4.31. The van der Waals surface area contributed by atoms with E-state index in [1.807, 2.05) is 24.3 Å². The summed E-state index contributed by atoms with van der Waals surface area (Å²) in [4.78, 5) is 28.6. The van der Waals surface area contributed by atoms with Gasteiger partial charge in [0.2, 0.25) is 5.91 Å². The molecule has 29 heavy (non-hydrogen) atoms. The molecule has 0 saturated carbocycles. The third-order valence-electron chi connectivity index (χ3n) is 4.31. The van der Waals surface area contributed by atoms with Gasteiger partial charge < -0.3 is 11.1 Å². The first-order valence-electron chi connectivity index (χ1n) is 8.77. The number of halogens is 1. The number of carbonyl (C=O) groups excluding carboxylic acids is 2. The Hall–Kier alpha value is -4.07. The van der Waals surface area contributed by atoms with Crippen molar-refractivity contribution in [1.82, 2.24) is 14.8 Å². The lowest BCUT2D eigenvalue weighted by molar-refractivity contribution is -0.118. The van der Waals surface area contributed by atoms with Gasteiger partial charge in [-0.25, -0.2) is 9.37 Å². The van der Waals surface area contributed by atoms with Crippen LogP contribution in [0.1, 0.15) is 10.4 Å². The number of hydrogen-bond donors (Lipinski definition) is 2. The fourth-order valence-corrected chi connectivity index (χ4v) is 3.00. The standard InChI is InChI=1S/C21H16FN5O2/c22-14-7-5-13(6-8-14)19-9-17(16-3-1-2-4-18(16)26-19)21(29)25-15-10-24-27(11-15)12-20(23)28/h1-11H,12H2,(H2,23,28)(H,25,29). The SMILES string of the molecule is NC(=O)Cn1cc(NC(=O)c2cc(-c3ccc(F)cc3)nc3ccccc23)cn1. The molecule has 144 valence electrons. The number of nitrogens with zero attached hydrogens (tertiary/aromatic N) is 3. The molecule has 0 atom stereocenters. The Morgan fingerprint density at radius 1 is 1.10 bits per heavy atom. The molecule has 4 aromatic rings. The van der Waals surface area contributed by atoms with E-state index in [4.69, 9.17) is 5.73 Å². The average molecular weight is 389 g/mol. The predicted octanol–water partition coefficient (Wildman–Crippen LogP) is 2.98. The van der Waals surface area contributed by atoms with Gasteiger partial charge in [0.05, 0.1) is 28.7 Å². The van der Waals surface area contributed by atoms with Crippen LogP contribution >= 0.6 is 0 Å². The number of amides is 2. The minimum atomic E-state index is -0.532. The molecule has 0 fully saturated rings. The Balaban J connectivity index is 1.71. The molecular weight excluding hydrogens is 373 g/mol. The number of hydrogen-bond acceptors (Lipinski definition) is 4. The van der Waals surface area contributed by atoms with Crippen molar-refractivity contribution in [3.05, 3.63) is 78.4 Å². The lowest BCUT2D eigenvalue weighted by atomic mass is 10.0. The van der Waals surface area contributed by atoms with Crippen LogP contribution in [0.3, 0.4) is 0 Å². The number of aromatic nitrogens is 3. The minimum Gasteiger partial charge on any atom is -0.368 e. The summed E-state index contributed by atoms with van der Waals surface area (Å²) in [6.45, 7) is -0.0806. The Bertz CT molecular complexity index is 1220. The number of rotatable bonds is 5. The molecule has 4 rings (SSSR count). The van der Waals surface area contributed by atoms with Crippen molar-refractivity contribution < 1.29 is 14.0 Å². The van der Waals surface area contributed by atoms with Gasteiger partial charge in [-0.15, -0.1) is 0 Å². The average Bonchev–Trinajstić information content (AvgIpc) is 3.13. The van der Waals surface area contributed by atoms with Gasteiger partial charge >= 0.3 is 0 Å². The molecule has 0 radical (unpaired) electrons. The normalized spacial score (nSPS) is 10.8. The first-order chi connectivity index (χ1) is 14.0. The van der Waals surface area contributed by atoms with Gasteiger partial charge in [-0.3, -0.25) is 14.3 Å². The van der Waals surface area contributed by atoms with Gasteiger partial charge in [0.25, 0.3) is 5.91 Å². The summed E-state index contributed by atoms with van der Waals surface area (Å²) in [6.07, 6.45) is 2.96. The molecule has 2 amide bonds. The Morgan fingerprint density at radius 2 is 1.86 bits per heavy atom. The van der Waals surface area contributed by atoms with Crippen molar-refractivity contribution in [3.8, 4) is 11.3 Å². The zero-order chi connectivity index (χ0) is 20.4. The second-order valence-electron chi connectivity index (χ2n) is 6.43. The highest BCUT2D eigenvalue weighted by Crippen LogP contribution is 2.26. The van der Waals surface area contributed by atoms with E-state index in [9.17, 15) is 14.0 Å². The quantitative estimate of drug-likeness (QED) is 0.548. The minimum absolute atomic E-state index is 0.0806. The number of nitrogens with one attached hydrogen (secondary N) is 1. The van der Waals surface area contributed by atoms with Gasteiger partial charge in [0.15, 0.2) is 0 Å². The molecule has 3 N–H and O–H groups in total. The lowest BCUT2D eigenvalue weighted by Crippen LogP contribution is -2.18. The van der Waals surface area contributed by atoms with Crippen molar-refractivity contribution in [2.75, 3.05) is 5.32 Å². The van der Waals surface area contributed by atoms with E-state index in [1.165, 1.54) is 29.2 Å². The molecular formula is C21H16FN5O2. The number of benzene rings is 2. The van der Waals surface area contributed by atoms with Gasteiger partial charge in [0.1, 0.15) is 12.4 Å². The van der Waals surface area contributed by atoms with Crippen LogP contribution in [0.4, 0.5) is 10.1 Å². The molecule has 0 saturated heterocycles. The maximum atomic E-state index is 13.3. The highest BCUT2D eigenvalue weighted by molar-refractivity contribution is 6.13. The number of anilines is 1. The fraction of sp³-hybridized carbons (Fsp3) is 0.0476. The predicted molar refractivity (Wildman–Crippen MR) is 107 cm³/mol. The molecule has 0 aliphatic rings. The zero-order valence-corrected chi connectivity index (χ0v) is 15.2. The van der Waals surface area contributed by atoms with E-state index in [-0.39, 0.29) is 18.3 Å². The second-order valence-corrected chi connectivity index (χ2v) is 6.43. The maximum Gasteiger partial charge on any atom is 0.256 e. The van der Waals surface area contributed by atoms with Crippen LogP contribution in [0.2, 0.25) is 0 Å². The van der Waals surface area contributed by atoms with E-state index < -0.39 is 5.91 Å². The molecule has 0 unspecified atom stereocenters. The molecule has 2 aromatic heterocycles. The number of fused-ring (bicyclic) bond motifs is 1. The van der Waals surface area contributed by atoms with E-state index in [0.29, 0.717) is 33.4 Å². The second kappa shape index (κ2) is 7.51. The van der Waals surface area contributed by atoms with Gasteiger partial charge in [0, 0.05) is 17.1 Å². The molecule has 7 nitrogen and oxygen atoms in total. The summed E-state index contributed by atoms with van der Waals surface area (Å²) in [7, 11) is 0. The summed E-state index contributed by atoms with van der Waals surface area (Å²) in [5.74, 6) is -1.24. The molecule has 0 aliphatic heterocycles. The van der Waals surface area contributed by atoms with E-state index in [2.05, 4.69) is 15.4 Å². The van der Waals surface area contributed by atoms with Crippen molar-refractivity contribution in [3.63, 3.8) is 0 Å². The summed E-state index contributed by atoms with van der Waals surface area (Å²) in [6, 6.07) is 14.9. The largest absolute Gasteiger partial charge is 0.368 e. The fourth-order valence-electron chi connectivity index (χ4n) is 3.00.